The van der Waals surface area contributed by atoms with Gasteiger partial charge in [0.1, 0.15) is 11.9 Å². The summed E-state index contributed by atoms with van der Waals surface area (Å²) in [6.45, 7) is 10.7. The molecule has 1 aliphatic carbocycles. The van der Waals surface area contributed by atoms with Crippen molar-refractivity contribution in [3.05, 3.63) is 12.7 Å². The molecule has 1 spiro atoms. The maximum atomic E-state index is 12.5. The molecule has 0 unspecified atom stereocenters. The second kappa shape index (κ2) is 9.51. The Kier molecular flexibility index (Phi) is 7.67. The predicted octanol–water partition coefficient (Wildman–Crippen LogP) is 4.14. The molecule has 142 valence electrons. The first-order valence-electron chi connectivity index (χ1n) is 10.0. The monoisotopic (exact) mass is 349 g/mol. The van der Waals surface area contributed by atoms with Crippen LogP contribution in [-0.4, -0.2) is 42.4 Å². The van der Waals surface area contributed by atoms with Gasteiger partial charge in [-0.3, -0.25) is 4.79 Å². The predicted molar refractivity (Wildman–Crippen MR) is 100 cm³/mol. The van der Waals surface area contributed by atoms with Crippen LogP contribution in [-0.2, 0) is 14.3 Å². The molecule has 0 bridgehead atoms. The largest absolute Gasteiger partial charge is 0.462 e. The van der Waals surface area contributed by atoms with Crippen molar-refractivity contribution in [2.45, 2.75) is 77.7 Å². The van der Waals surface area contributed by atoms with Crippen LogP contribution >= 0.6 is 0 Å². The van der Waals surface area contributed by atoms with Crippen LogP contribution in [0, 0.1) is 11.3 Å². The minimum atomic E-state index is -0.227. The van der Waals surface area contributed by atoms with Crippen molar-refractivity contribution in [3.8, 4) is 0 Å². The van der Waals surface area contributed by atoms with Crippen molar-refractivity contribution in [1.82, 2.24) is 4.90 Å². The number of hydrogen-bond acceptors (Lipinski definition) is 4. The van der Waals surface area contributed by atoms with E-state index in [0.717, 1.165) is 71.0 Å². The summed E-state index contributed by atoms with van der Waals surface area (Å²) in [4.78, 5) is 26.1. The van der Waals surface area contributed by atoms with Crippen LogP contribution < -0.4 is 0 Å². The molecule has 0 N–H and O–H groups in total. The first kappa shape index (κ1) is 20.2. The van der Waals surface area contributed by atoms with E-state index < -0.39 is 0 Å². The van der Waals surface area contributed by atoms with Gasteiger partial charge < -0.3 is 14.4 Å². The van der Waals surface area contributed by atoms with Crippen molar-refractivity contribution in [2.75, 3.05) is 19.6 Å². The van der Waals surface area contributed by atoms with Gasteiger partial charge in [0.25, 0.3) is 0 Å². The molecule has 4 heteroatoms. The molecule has 0 amide bonds. The zero-order valence-electron chi connectivity index (χ0n) is 16.1. The lowest BCUT2D eigenvalue weighted by Gasteiger charge is -2.34. The summed E-state index contributed by atoms with van der Waals surface area (Å²) in [5, 5.41) is 0. The van der Waals surface area contributed by atoms with Crippen LogP contribution in [0.4, 0.5) is 0 Å². The summed E-state index contributed by atoms with van der Waals surface area (Å²) in [6, 6.07) is 0. The number of nitrogens with zero attached hydrogens (tertiary/aromatic N) is 1. The molecule has 4 nitrogen and oxygen atoms in total. The zero-order chi connectivity index (χ0) is 18.3. The highest BCUT2D eigenvalue weighted by molar-refractivity contribution is 5.79. The quantitative estimate of drug-likeness (QED) is 0.439. The third-order valence-electron chi connectivity index (χ3n) is 6.16. The summed E-state index contributed by atoms with van der Waals surface area (Å²) < 4.78 is 5.75. The normalized spacial score (nSPS) is 29.2. The van der Waals surface area contributed by atoms with E-state index in [1.807, 2.05) is 6.08 Å². The van der Waals surface area contributed by atoms with E-state index in [9.17, 15) is 9.59 Å². The molecule has 2 aliphatic rings. The molecule has 0 aromatic heterocycles. The molecule has 1 heterocycles. The van der Waals surface area contributed by atoms with Gasteiger partial charge in [-0.15, -0.1) is 6.58 Å². The van der Waals surface area contributed by atoms with Gasteiger partial charge in [0.2, 0.25) is 0 Å². The van der Waals surface area contributed by atoms with Crippen LogP contribution in [0.1, 0.15) is 71.6 Å². The molecule has 1 atom stereocenters. The van der Waals surface area contributed by atoms with Crippen molar-refractivity contribution in [2.24, 2.45) is 11.3 Å². The van der Waals surface area contributed by atoms with Gasteiger partial charge >= 0.3 is 5.97 Å². The number of carbonyl (C=O) groups is 2. The first-order valence-corrected chi connectivity index (χ1v) is 10.0. The first-order chi connectivity index (χ1) is 12.0. The standard InChI is InChI=1S/C21H35NO3/c1-4-6-14-22(5-2)15-11-19-16-21(20(24)25-19)12-9-18(10-13-21)8-7-17(3)23/h4,18-19H,1,5-16H2,2-3H3/t18?,19-,21?/m0/s1. The van der Waals surface area contributed by atoms with E-state index in [2.05, 4.69) is 18.4 Å². The molecule has 1 saturated heterocycles. The molecule has 0 aromatic rings. The highest BCUT2D eigenvalue weighted by Gasteiger charge is 2.50. The molecular weight excluding hydrogens is 314 g/mol. The summed E-state index contributed by atoms with van der Waals surface area (Å²) in [5.74, 6) is 0.921. The Hall–Kier alpha value is -1.16. The minimum absolute atomic E-state index is 0.0386. The Morgan fingerprint density at radius 2 is 2.04 bits per heavy atom. The molecule has 1 aliphatic heterocycles. The number of Topliss-reactive ketones (excluding diaryl/α,β-unsaturated/α-hetero) is 1. The number of esters is 1. The lowest BCUT2D eigenvalue weighted by atomic mass is 9.68. The molecule has 0 aromatic carbocycles. The summed E-state index contributed by atoms with van der Waals surface area (Å²) in [7, 11) is 0. The highest BCUT2D eigenvalue weighted by Crippen LogP contribution is 2.48. The Morgan fingerprint density at radius 1 is 1.32 bits per heavy atom. The Balaban J connectivity index is 1.78. The fraction of sp³-hybridized carbons (Fsp3) is 0.810. The number of rotatable bonds is 10. The van der Waals surface area contributed by atoms with Gasteiger partial charge in [0, 0.05) is 25.9 Å². The van der Waals surface area contributed by atoms with E-state index in [1.54, 1.807) is 6.92 Å². The van der Waals surface area contributed by atoms with Gasteiger partial charge in [0.05, 0.1) is 5.41 Å². The van der Waals surface area contributed by atoms with Crippen LogP contribution in [0.15, 0.2) is 12.7 Å². The fourth-order valence-corrected chi connectivity index (χ4v) is 4.36. The van der Waals surface area contributed by atoms with E-state index in [-0.39, 0.29) is 23.3 Å². The maximum absolute atomic E-state index is 12.5. The zero-order valence-corrected chi connectivity index (χ0v) is 16.1. The summed E-state index contributed by atoms with van der Waals surface area (Å²) in [6.07, 6.45) is 10.6. The van der Waals surface area contributed by atoms with Crippen molar-refractivity contribution >= 4 is 11.8 Å². The van der Waals surface area contributed by atoms with Crippen LogP contribution in [0.25, 0.3) is 0 Å². The highest BCUT2D eigenvalue weighted by atomic mass is 16.6. The number of cyclic esters (lactones) is 1. The average Bonchev–Trinajstić information content (AvgIpc) is 2.90. The molecule has 2 fully saturated rings. The van der Waals surface area contributed by atoms with Crippen molar-refractivity contribution in [1.29, 1.82) is 0 Å². The maximum Gasteiger partial charge on any atom is 0.312 e. The van der Waals surface area contributed by atoms with Gasteiger partial charge in [0.15, 0.2) is 0 Å². The van der Waals surface area contributed by atoms with Gasteiger partial charge in [-0.05, 0) is 64.3 Å². The van der Waals surface area contributed by atoms with Crippen LogP contribution in [0.3, 0.4) is 0 Å². The molecule has 2 rings (SSSR count). The second-order valence-corrected chi connectivity index (χ2v) is 8.00. The topological polar surface area (TPSA) is 46.6 Å². The van der Waals surface area contributed by atoms with Gasteiger partial charge in [-0.1, -0.05) is 13.0 Å². The van der Waals surface area contributed by atoms with E-state index in [0.29, 0.717) is 12.3 Å². The number of ether oxygens (including phenoxy) is 1. The molecular formula is C21H35NO3. The Labute approximate surface area is 153 Å². The Bertz CT molecular complexity index is 466. The molecule has 25 heavy (non-hydrogen) atoms. The van der Waals surface area contributed by atoms with Crippen molar-refractivity contribution < 1.29 is 14.3 Å². The lowest BCUT2D eigenvalue weighted by molar-refractivity contribution is -0.150. The van der Waals surface area contributed by atoms with E-state index >= 15 is 0 Å². The van der Waals surface area contributed by atoms with Crippen molar-refractivity contribution in [3.63, 3.8) is 0 Å². The van der Waals surface area contributed by atoms with E-state index in [4.69, 9.17) is 4.74 Å². The number of ketones is 1. The van der Waals surface area contributed by atoms with Crippen LogP contribution in [0.2, 0.25) is 0 Å². The smallest absolute Gasteiger partial charge is 0.312 e. The van der Waals surface area contributed by atoms with Crippen LogP contribution in [0.5, 0.6) is 0 Å². The van der Waals surface area contributed by atoms with Gasteiger partial charge in [-0.2, -0.15) is 0 Å². The molecule has 0 radical (unpaired) electrons. The average molecular weight is 350 g/mol. The Morgan fingerprint density at radius 3 is 2.64 bits per heavy atom. The third-order valence-corrected chi connectivity index (χ3v) is 6.16. The summed E-state index contributed by atoms with van der Waals surface area (Å²) in [5.41, 5.74) is -0.227. The number of hydrogen-bond donors (Lipinski definition) is 0. The minimum Gasteiger partial charge on any atom is -0.462 e. The fourth-order valence-electron chi connectivity index (χ4n) is 4.36. The number of carbonyl (C=O) groups excluding carboxylic acids is 2. The SMILES string of the molecule is C=CCCN(CC)CC[C@H]1CC2(CCC(CCC(C)=O)CC2)C(=O)O1. The lowest BCUT2D eigenvalue weighted by Crippen LogP contribution is -2.32. The third kappa shape index (κ3) is 5.67. The molecule has 1 saturated carbocycles. The summed E-state index contributed by atoms with van der Waals surface area (Å²) >= 11 is 0. The van der Waals surface area contributed by atoms with E-state index in [1.165, 1.54) is 0 Å². The second-order valence-electron chi connectivity index (χ2n) is 8.00. The van der Waals surface area contributed by atoms with Gasteiger partial charge in [-0.25, -0.2) is 0 Å².